The quantitative estimate of drug-likeness (QED) is 0.413. The number of fused-ring (bicyclic) bond motifs is 1. The van der Waals surface area contributed by atoms with E-state index in [2.05, 4.69) is 0 Å². The zero-order valence-corrected chi connectivity index (χ0v) is 17.9. The second-order valence-corrected chi connectivity index (χ2v) is 7.77. The van der Waals surface area contributed by atoms with Gasteiger partial charge in [0.15, 0.2) is 5.78 Å². The van der Waals surface area contributed by atoms with Crippen LogP contribution in [0.1, 0.15) is 72.2 Å². The normalized spacial score (nSPS) is 12.9. The van der Waals surface area contributed by atoms with Crippen LogP contribution >= 0.6 is 0 Å². The lowest BCUT2D eigenvalue weighted by Crippen LogP contribution is -2.32. The van der Waals surface area contributed by atoms with Gasteiger partial charge in [0.25, 0.3) is 11.8 Å². The summed E-state index contributed by atoms with van der Waals surface area (Å²) in [5.74, 6) is -1.31. The zero-order valence-electron chi connectivity index (χ0n) is 17.9. The maximum atomic E-state index is 12.5. The molecule has 6 heteroatoms. The van der Waals surface area contributed by atoms with Gasteiger partial charge in [-0.15, -0.1) is 0 Å². The number of Topliss-reactive ketones (excluding diaryl/α,β-unsaturated/α-hetero) is 1. The molecule has 6 nitrogen and oxygen atoms in total. The van der Waals surface area contributed by atoms with E-state index < -0.39 is 5.97 Å². The van der Waals surface area contributed by atoms with Crippen molar-refractivity contribution in [2.75, 3.05) is 6.54 Å². The van der Waals surface area contributed by atoms with Crippen LogP contribution in [-0.4, -0.2) is 35.0 Å². The average molecular weight is 407 g/mol. The molecule has 0 aliphatic carbocycles. The number of hydrogen-bond donors (Lipinski definition) is 0. The molecule has 0 saturated heterocycles. The SMILES string of the molecule is CC(=O)c1c(C)cc(C)c(COC(=O)CCN2C(=O)c3ccc(C)cc3C2=O)c1C. The van der Waals surface area contributed by atoms with Crippen molar-refractivity contribution in [3.05, 3.63) is 68.8 Å². The Morgan fingerprint density at radius 1 is 0.933 bits per heavy atom. The molecule has 1 aliphatic rings. The molecule has 0 saturated carbocycles. The van der Waals surface area contributed by atoms with Crippen LogP contribution in [0.3, 0.4) is 0 Å². The monoisotopic (exact) mass is 407 g/mol. The minimum Gasteiger partial charge on any atom is -0.461 e. The molecule has 0 spiro atoms. The van der Waals surface area contributed by atoms with Gasteiger partial charge in [0, 0.05) is 12.1 Å². The topological polar surface area (TPSA) is 80.8 Å². The Hall–Kier alpha value is -3.28. The van der Waals surface area contributed by atoms with Crippen molar-refractivity contribution in [2.24, 2.45) is 0 Å². The molecule has 3 rings (SSSR count). The molecule has 0 bridgehead atoms. The number of ether oxygens (including phenoxy) is 1. The maximum absolute atomic E-state index is 12.5. The van der Waals surface area contributed by atoms with Crippen LogP contribution in [0, 0.1) is 27.7 Å². The Balaban J connectivity index is 1.64. The van der Waals surface area contributed by atoms with Crippen molar-refractivity contribution in [3.63, 3.8) is 0 Å². The summed E-state index contributed by atoms with van der Waals surface area (Å²) in [6.45, 7) is 9.02. The van der Waals surface area contributed by atoms with Gasteiger partial charge < -0.3 is 4.74 Å². The number of hydrogen-bond acceptors (Lipinski definition) is 5. The summed E-state index contributed by atoms with van der Waals surface area (Å²) < 4.78 is 5.39. The summed E-state index contributed by atoms with van der Waals surface area (Å²) in [5, 5.41) is 0. The van der Waals surface area contributed by atoms with E-state index in [0.717, 1.165) is 32.7 Å². The van der Waals surface area contributed by atoms with Gasteiger partial charge >= 0.3 is 5.97 Å². The highest BCUT2D eigenvalue weighted by Gasteiger charge is 2.35. The number of carbonyl (C=O) groups excluding carboxylic acids is 4. The molecule has 0 fully saturated rings. The first kappa shape index (κ1) is 21.4. The van der Waals surface area contributed by atoms with Crippen molar-refractivity contribution in [3.8, 4) is 0 Å². The number of benzene rings is 2. The maximum Gasteiger partial charge on any atom is 0.307 e. The van der Waals surface area contributed by atoms with E-state index in [0.29, 0.717) is 16.7 Å². The number of ketones is 1. The third kappa shape index (κ3) is 3.90. The fourth-order valence-electron chi connectivity index (χ4n) is 4.03. The van der Waals surface area contributed by atoms with Gasteiger partial charge in [0.1, 0.15) is 6.61 Å². The number of rotatable bonds is 6. The van der Waals surface area contributed by atoms with Crippen LogP contribution in [0.15, 0.2) is 24.3 Å². The Bertz CT molecular complexity index is 1080. The molecule has 2 aromatic carbocycles. The molecule has 1 aliphatic heterocycles. The fourth-order valence-corrected chi connectivity index (χ4v) is 4.03. The Kier molecular flexibility index (Phi) is 5.87. The van der Waals surface area contributed by atoms with Gasteiger partial charge in [-0.3, -0.25) is 24.1 Å². The van der Waals surface area contributed by atoms with Crippen LogP contribution in [-0.2, 0) is 16.1 Å². The van der Waals surface area contributed by atoms with Crippen molar-refractivity contribution in [1.29, 1.82) is 0 Å². The number of carbonyl (C=O) groups is 4. The van der Waals surface area contributed by atoms with Crippen molar-refractivity contribution in [2.45, 2.75) is 47.6 Å². The largest absolute Gasteiger partial charge is 0.461 e. The van der Waals surface area contributed by atoms with E-state index >= 15 is 0 Å². The Morgan fingerprint density at radius 3 is 2.27 bits per heavy atom. The Morgan fingerprint density at radius 2 is 1.60 bits per heavy atom. The number of amides is 2. The highest BCUT2D eigenvalue weighted by Crippen LogP contribution is 2.25. The third-order valence-electron chi connectivity index (χ3n) is 5.53. The van der Waals surface area contributed by atoms with Crippen LogP contribution in [0.2, 0.25) is 0 Å². The predicted octanol–water partition coefficient (Wildman–Crippen LogP) is 3.85. The van der Waals surface area contributed by atoms with Gasteiger partial charge in [-0.1, -0.05) is 17.7 Å². The number of nitrogens with zero attached hydrogens (tertiary/aromatic N) is 1. The average Bonchev–Trinajstić information content (AvgIpc) is 2.89. The smallest absolute Gasteiger partial charge is 0.307 e. The molecule has 156 valence electrons. The lowest BCUT2D eigenvalue weighted by atomic mass is 9.92. The summed E-state index contributed by atoms with van der Waals surface area (Å²) >= 11 is 0. The first-order valence-electron chi connectivity index (χ1n) is 9.85. The molecule has 0 atom stereocenters. The molecule has 0 N–H and O–H groups in total. The van der Waals surface area contributed by atoms with E-state index in [4.69, 9.17) is 4.74 Å². The second-order valence-electron chi connectivity index (χ2n) is 7.77. The molecule has 0 aromatic heterocycles. The van der Waals surface area contributed by atoms with E-state index in [-0.39, 0.29) is 37.2 Å². The van der Waals surface area contributed by atoms with Crippen molar-refractivity contribution in [1.82, 2.24) is 4.90 Å². The molecule has 1 heterocycles. The van der Waals surface area contributed by atoms with E-state index in [1.165, 1.54) is 6.92 Å². The first-order valence-corrected chi connectivity index (χ1v) is 9.85. The summed E-state index contributed by atoms with van der Waals surface area (Å²) in [6, 6.07) is 7.01. The highest BCUT2D eigenvalue weighted by atomic mass is 16.5. The second kappa shape index (κ2) is 8.22. The van der Waals surface area contributed by atoms with E-state index in [1.807, 2.05) is 33.8 Å². The standard InChI is InChI=1S/C24H25NO5/c1-13-6-7-18-19(10-13)24(29)25(23(18)28)9-8-21(27)30-12-20-14(2)11-15(3)22(16(20)4)17(5)26/h6-7,10-11H,8-9,12H2,1-5H3. The summed E-state index contributed by atoms with van der Waals surface area (Å²) in [6.07, 6.45) is -0.0893. The molecule has 30 heavy (non-hydrogen) atoms. The molecule has 2 aromatic rings. The summed E-state index contributed by atoms with van der Waals surface area (Å²) in [4.78, 5) is 50.3. The number of imide groups is 1. The Labute approximate surface area is 175 Å². The molecular formula is C24H25NO5. The minimum absolute atomic E-state index is 0.0292. The lowest BCUT2D eigenvalue weighted by Gasteiger charge is -2.17. The van der Waals surface area contributed by atoms with E-state index in [9.17, 15) is 19.2 Å². The van der Waals surface area contributed by atoms with Crippen LogP contribution in [0.4, 0.5) is 0 Å². The lowest BCUT2D eigenvalue weighted by molar-refractivity contribution is -0.145. The van der Waals surface area contributed by atoms with Crippen LogP contribution in [0.5, 0.6) is 0 Å². The van der Waals surface area contributed by atoms with Crippen molar-refractivity contribution >= 4 is 23.6 Å². The zero-order chi connectivity index (χ0) is 22.2. The molecule has 0 radical (unpaired) electrons. The van der Waals surface area contributed by atoms with Crippen molar-refractivity contribution < 1.29 is 23.9 Å². The minimum atomic E-state index is -0.508. The summed E-state index contributed by atoms with van der Waals surface area (Å²) in [7, 11) is 0. The third-order valence-corrected chi connectivity index (χ3v) is 5.53. The van der Waals surface area contributed by atoms with Crippen LogP contribution < -0.4 is 0 Å². The molecule has 0 unspecified atom stereocenters. The van der Waals surface area contributed by atoms with E-state index in [1.54, 1.807) is 18.2 Å². The van der Waals surface area contributed by atoms with Gasteiger partial charge in [-0.2, -0.15) is 0 Å². The number of esters is 1. The van der Waals surface area contributed by atoms with Crippen LogP contribution in [0.25, 0.3) is 0 Å². The highest BCUT2D eigenvalue weighted by molar-refractivity contribution is 6.21. The summed E-state index contributed by atoms with van der Waals surface area (Å²) in [5.41, 5.74) is 5.72. The predicted molar refractivity (Wildman–Crippen MR) is 112 cm³/mol. The first-order chi connectivity index (χ1) is 14.1. The van der Waals surface area contributed by atoms with Gasteiger partial charge in [-0.05, 0) is 69.0 Å². The van der Waals surface area contributed by atoms with Gasteiger partial charge in [0.2, 0.25) is 0 Å². The molecule has 2 amide bonds. The fraction of sp³-hybridized carbons (Fsp3) is 0.333. The molecular weight excluding hydrogens is 382 g/mol. The van der Waals surface area contributed by atoms with Gasteiger partial charge in [0.05, 0.1) is 17.5 Å². The van der Waals surface area contributed by atoms with Gasteiger partial charge in [-0.25, -0.2) is 0 Å². The number of aryl methyl sites for hydroxylation is 3.